The van der Waals surface area contributed by atoms with Gasteiger partial charge in [-0.2, -0.15) is 5.26 Å². The van der Waals surface area contributed by atoms with E-state index in [0.717, 1.165) is 23.9 Å². The summed E-state index contributed by atoms with van der Waals surface area (Å²) in [7, 11) is -3.39. The van der Waals surface area contributed by atoms with Crippen LogP contribution in [-0.2, 0) is 15.8 Å². The maximum atomic E-state index is 12.8. The second-order valence-corrected chi connectivity index (χ2v) is 8.85. The maximum Gasteiger partial charge on any atom is 0.218 e. The molecular formula is C20H20N4O2S. The molecule has 2 aromatic heterocycles. The fraction of sp³-hybridized carbons (Fsp3) is 0.300. The molecule has 0 bridgehead atoms. The molecule has 0 aliphatic carbocycles. The van der Waals surface area contributed by atoms with E-state index in [4.69, 9.17) is 5.26 Å². The van der Waals surface area contributed by atoms with Gasteiger partial charge in [0.15, 0.2) is 0 Å². The summed E-state index contributed by atoms with van der Waals surface area (Å²) < 4.78 is 27.2. The van der Waals surface area contributed by atoms with Gasteiger partial charge in [0.2, 0.25) is 10.0 Å². The molecule has 138 valence electrons. The minimum atomic E-state index is -3.39. The first-order valence-electron chi connectivity index (χ1n) is 8.96. The topological polar surface area (TPSA) is 89.9 Å². The van der Waals surface area contributed by atoms with Crippen LogP contribution >= 0.6 is 0 Å². The third-order valence-electron chi connectivity index (χ3n) is 5.18. The predicted molar refractivity (Wildman–Crippen MR) is 103 cm³/mol. The number of aromatic amines is 1. The number of hydrogen-bond acceptors (Lipinski definition) is 4. The molecule has 0 saturated carbocycles. The van der Waals surface area contributed by atoms with Gasteiger partial charge in [0.25, 0.3) is 0 Å². The lowest BCUT2D eigenvalue weighted by Crippen LogP contribution is -2.38. The van der Waals surface area contributed by atoms with Crippen molar-refractivity contribution in [2.75, 3.05) is 13.1 Å². The van der Waals surface area contributed by atoms with Crippen LogP contribution in [0.1, 0.15) is 35.4 Å². The number of nitrogens with one attached hydrogen (secondary N) is 1. The Morgan fingerprint density at radius 3 is 2.81 bits per heavy atom. The van der Waals surface area contributed by atoms with Crippen molar-refractivity contribution in [1.82, 2.24) is 14.3 Å². The highest BCUT2D eigenvalue weighted by Crippen LogP contribution is 2.33. The van der Waals surface area contributed by atoms with Crippen LogP contribution in [0.4, 0.5) is 0 Å². The third kappa shape index (κ3) is 3.59. The van der Waals surface area contributed by atoms with E-state index in [9.17, 15) is 8.42 Å². The highest BCUT2D eigenvalue weighted by Gasteiger charge is 2.29. The van der Waals surface area contributed by atoms with Crippen LogP contribution in [-0.4, -0.2) is 35.8 Å². The van der Waals surface area contributed by atoms with Gasteiger partial charge in [-0.1, -0.05) is 12.1 Å². The van der Waals surface area contributed by atoms with E-state index < -0.39 is 10.0 Å². The molecule has 27 heavy (non-hydrogen) atoms. The highest BCUT2D eigenvalue weighted by atomic mass is 32.2. The Bertz CT molecular complexity index is 1110. The van der Waals surface area contributed by atoms with Crippen molar-refractivity contribution < 1.29 is 8.42 Å². The molecule has 4 rings (SSSR count). The van der Waals surface area contributed by atoms with Crippen molar-refractivity contribution in [2.24, 2.45) is 0 Å². The molecule has 1 aliphatic rings. The van der Waals surface area contributed by atoms with Gasteiger partial charge in [-0.15, -0.1) is 0 Å². The number of piperidine rings is 1. The van der Waals surface area contributed by atoms with Gasteiger partial charge < -0.3 is 4.98 Å². The van der Waals surface area contributed by atoms with Gasteiger partial charge in [0.1, 0.15) is 5.65 Å². The summed E-state index contributed by atoms with van der Waals surface area (Å²) in [6.07, 6.45) is 5.34. The Morgan fingerprint density at radius 2 is 2.04 bits per heavy atom. The van der Waals surface area contributed by atoms with Crippen LogP contribution in [0.25, 0.3) is 11.0 Å². The fourth-order valence-corrected chi connectivity index (χ4v) is 5.34. The number of hydrogen-bond donors (Lipinski definition) is 1. The molecule has 3 heterocycles. The number of fused-ring (bicyclic) bond motifs is 1. The summed E-state index contributed by atoms with van der Waals surface area (Å²) in [5.41, 5.74) is 3.23. The zero-order valence-electron chi connectivity index (χ0n) is 14.8. The lowest BCUT2D eigenvalue weighted by atomic mass is 9.90. The Labute approximate surface area is 158 Å². The minimum Gasteiger partial charge on any atom is -0.346 e. The molecule has 1 aromatic carbocycles. The van der Waals surface area contributed by atoms with Crippen LogP contribution in [0.5, 0.6) is 0 Å². The molecule has 0 atom stereocenters. The molecule has 1 fully saturated rings. The summed E-state index contributed by atoms with van der Waals surface area (Å²) in [5.74, 6) is 0.265. The molecule has 0 amide bonds. The molecule has 7 heteroatoms. The van der Waals surface area contributed by atoms with Crippen LogP contribution in [0, 0.1) is 11.3 Å². The second-order valence-electron chi connectivity index (χ2n) is 6.89. The molecular weight excluding hydrogens is 360 g/mol. The second kappa shape index (κ2) is 7.14. The molecule has 1 aliphatic heterocycles. The summed E-state index contributed by atoms with van der Waals surface area (Å²) in [6.45, 7) is 1.02. The first-order valence-corrected chi connectivity index (χ1v) is 10.6. The normalized spacial score (nSPS) is 16.4. The number of H-pyrrole nitrogens is 1. The van der Waals surface area contributed by atoms with Crippen molar-refractivity contribution in [3.8, 4) is 6.07 Å². The van der Waals surface area contributed by atoms with Crippen molar-refractivity contribution in [3.05, 3.63) is 65.5 Å². The number of pyridine rings is 1. The van der Waals surface area contributed by atoms with Gasteiger partial charge in [-0.25, -0.2) is 17.7 Å². The van der Waals surface area contributed by atoms with Crippen LogP contribution in [0.15, 0.2) is 48.8 Å². The maximum absolute atomic E-state index is 12.8. The first kappa shape index (κ1) is 17.7. The van der Waals surface area contributed by atoms with Gasteiger partial charge >= 0.3 is 0 Å². The lowest BCUT2D eigenvalue weighted by Gasteiger charge is -2.31. The van der Waals surface area contributed by atoms with E-state index in [1.807, 2.05) is 12.3 Å². The van der Waals surface area contributed by atoms with Crippen molar-refractivity contribution in [1.29, 1.82) is 5.26 Å². The number of nitriles is 1. The molecule has 3 aromatic rings. The standard InChI is InChI=1S/C20H20N4O2S/c21-12-15-3-1-4-16(11-15)14-27(25,26)24-9-6-17(7-10-24)19-13-23-20-18(19)5-2-8-22-20/h1-5,8,11,13,17H,6-7,9-10,14H2,(H,22,23). The van der Waals surface area contributed by atoms with Gasteiger partial charge in [-0.3, -0.25) is 0 Å². The largest absolute Gasteiger partial charge is 0.346 e. The summed E-state index contributed by atoms with van der Waals surface area (Å²) in [4.78, 5) is 7.53. The molecule has 6 nitrogen and oxygen atoms in total. The fourth-order valence-electron chi connectivity index (χ4n) is 3.79. The van der Waals surface area contributed by atoms with E-state index in [0.29, 0.717) is 30.1 Å². The van der Waals surface area contributed by atoms with Crippen molar-refractivity contribution in [3.63, 3.8) is 0 Å². The van der Waals surface area contributed by atoms with Crippen molar-refractivity contribution >= 4 is 21.1 Å². The van der Waals surface area contributed by atoms with E-state index in [2.05, 4.69) is 22.1 Å². The first-order chi connectivity index (χ1) is 13.1. The summed E-state index contributed by atoms with van der Waals surface area (Å²) >= 11 is 0. The summed E-state index contributed by atoms with van der Waals surface area (Å²) in [6, 6.07) is 12.8. The predicted octanol–water partition coefficient (Wildman–Crippen LogP) is 3.14. The number of benzene rings is 1. The highest BCUT2D eigenvalue weighted by molar-refractivity contribution is 7.88. The quantitative estimate of drug-likeness (QED) is 0.753. The molecule has 0 spiro atoms. The van der Waals surface area contributed by atoms with Gasteiger partial charge in [0.05, 0.1) is 17.4 Å². The molecule has 1 N–H and O–H groups in total. The average Bonchev–Trinajstić information content (AvgIpc) is 3.12. The Morgan fingerprint density at radius 1 is 1.22 bits per heavy atom. The monoisotopic (exact) mass is 380 g/mol. The summed E-state index contributed by atoms with van der Waals surface area (Å²) in [5, 5.41) is 10.1. The van der Waals surface area contributed by atoms with Crippen molar-refractivity contribution in [2.45, 2.75) is 24.5 Å². The van der Waals surface area contributed by atoms with Crippen LogP contribution in [0.2, 0.25) is 0 Å². The Hall–Kier alpha value is -2.69. The number of sulfonamides is 1. The van der Waals surface area contributed by atoms with E-state index in [1.54, 1.807) is 34.8 Å². The average molecular weight is 380 g/mol. The third-order valence-corrected chi connectivity index (χ3v) is 7.03. The Balaban J connectivity index is 1.46. The number of aromatic nitrogens is 2. The van der Waals surface area contributed by atoms with Gasteiger partial charge in [-0.05, 0) is 54.2 Å². The zero-order chi connectivity index (χ0) is 18.9. The van der Waals surface area contributed by atoms with E-state index >= 15 is 0 Å². The molecule has 0 radical (unpaired) electrons. The molecule has 1 saturated heterocycles. The smallest absolute Gasteiger partial charge is 0.218 e. The van der Waals surface area contributed by atoms with Crippen LogP contribution in [0.3, 0.4) is 0 Å². The SMILES string of the molecule is N#Cc1cccc(CS(=O)(=O)N2CCC(c3c[nH]c4ncccc34)CC2)c1. The number of nitrogens with zero attached hydrogens (tertiary/aromatic N) is 3. The zero-order valence-corrected chi connectivity index (χ0v) is 15.6. The lowest BCUT2D eigenvalue weighted by molar-refractivity contribution is 0.320. The number of rotatable bonds is 4. The van der Waals surface area contributed by atoms with E-state index in [-0.39, 0.29) is 5.75 Å². The molecule has 0 unspecified atom stereocenters. The Kier molecular flexibility index (Phi) is 4.68. The van der Waals surface area contributed by atoms with Gasteiger partial charge in [0, 0.05) is 30.9 Å². The minimum absolute atomic E-state index is 0.0653. The van der Waals surface area contributed by atoms with E-state index in [1.165, 1.54) is 5.56 Å². The van der Waals surface area contributed by atoms with Crippen LogP contribution < -0.4 is 0 Å².